The van der Waals surface area contributed by atoms with Gasteiger partial charge in [-0.25, -0.2) is 0 Å². The first-order valence-corrected chi connectivity index (χ1v) is 8.81. The Morgan fingerprint density at radius 3 is 2.54 bits per heavy atom. The van der Waals surface area contributed by atoms with Gasteiger partial charge in [0.15, 0.2) is 5.43 Å². The van der Waals surface area contributed by atoms with Gasteiger partial charge in [0.25, 0.3) is 0 Å². The number of nitrogens with zero attached hydrogens (tertiary/aromatic N) is 2. The molecule has 0 saturated heterocycles. The maximum atomic E-state index is 13.1. The highest BCUT2D eigenvalue weighted by atomic mass is 35.5. The molecule has 0 fully saturated rings. The van der Waals surface area contributed by atoms with Gasteiger partial charge in [0.05, 0.1) is 28.4 Å². The SMILES string of the molecule is CCOC(=O)Cn1c2cc(C)ccc2c(=O)c2ccc(Cl)c(N(C)C)c21. The molecule has 0 unspecified atom stereocenters. The van der Waals surface area contributed by atoms with Crippen molar-refractivity contribution >= 4 is 45.1 Å². The summed E-state index contributed by atoms with van der Waals surface area (Å²) in [5.41, 5.74) is 2.96. The van der Waals surface area contributed by atoms with Crippen LogP contribution in [-0.2, 0) is 16.1 Å². The van der Waals surface area contributed by atoms with E-state index < -0.39 is 0 Å². The van der Waals surface area contributed by atoms with E-state index in [4.69, 9.17) is 16.3 Å². The summed E-state index contributed by atoms with van der Waals surface area (Å²) < 4.78 is 6.98. The van der Waals surface area contributed by atoms with Crippen LogP contribution in [0.1, 0.15) is 12.5 Å². The zero-order valence-corrected chi connectivity index (χ0v) is 16.1. The molecule has 6 heteroatoms. The van der Waals surface area contributed by atoms with Crippen molar-refractivity contribution in [3.05, 3.63) is 51.1 Å². The average molecular weight is 373 g/mol. The molecule has 0 bridgehead atoms. The number of carbonyl (C=O) groups is 1. The molecule has 1 aromatic heterocycles. The summed E-state index contributed by atoms with van der Waals surface area (Å²) in [6.45, 7) is 4.03. The van der Waals surface area contributed by atoms with Crippen molar-refractivity contribution in [1.29, 1.82) is 0 Å². The number of carbonyl (C=O) groups excluding carboxylic acids is 1. The molecule has 0 atom stereocenters. The zero-order valence-electron chi connectivity index (χ0n) is 15.3. The monoisotopic (exact) mass is 372 g/mol. The van der Waals surface area contributed by atoms with E-state index in [2.05, 4.69) is 0 Å². The van der Waals surface area contributed by atoms with Crippen LogP contribution in [0.15, 0.2) is 35.1 Å². The summed E-state index contributed by atoms with van der Waals surface area (Å²) >= 11 is 6.43. The molecular weight excluding hydrogens is 352 g/mol. The van der Waals surface area contributed by atoms with Gasteiger partial charge in [0.1, 0.15) is 6.54 Å². The van der Waals surface area contributed by atoms with E-state index in [-0.39, 0.29) is 17.9 Å². The van der Waals surface area contributed by atoms with Crippen LogP contribution >= 0.6 is 11.6 Å². The van der Waals surface area contributed by atoms with Crippen LogP contribution in [-0.4, -0.2) is 31.2 Å². The normalized spacial score (nSPS) is 11.1. The Morgan fingerprint density at radius 2 is 1.88 bits per heavy atom. The number of fused-ring (bicyclic) bond motifs is 2. The van der Waals surface area contributed by atoms with Crippen LogP contribution in [0.2, 0.25) is 5.02 Å². The summed E-state index contributed by atoms with van der Waals surface area (Å²) in [4.78, 5) is 27.2. The second-order valence-electron chi connectivity index (χ2n) is 6.43. The van der Waals surface area contributed by atoms with E-state index in [1.807, 2.05) is 42.6 Å². The van der Waals surface area contributed by atoms with Crippen LogP contribution < -0.4 is 10.3 Å². The maximum Gasteiger partial charge on any atom is 0.325 e. The fourth-order valence-corrected chi connectivity index (χ4v) is 3.58. The molecule has 136 valence electrons. The van der Waals surface area contributed by atoms with Crippen LogP contribution in [0.4, 0.5) is 5.69 Å². The lowest BCUT2D eigenvalue weighted by Crippen LogP contribution is -2.21. The molecule has 0 aliphatic rings. The second kappa shape index (κ2) is 7.00. The minimum atomic E-state index is -0.357. The van der Waals surface area contributed by atoms with Crippen molar-refractivity contribution in [1.82, 2.24) is 4.57 Å². The van der Waals surface area contributed by atoms with Gasteiger partial charge < -0.3 is 14.2 Å². The Morgan fingerprint density at radius 1 is 1.19 bits per heavy atom. The number of pyridine rings is 1. The molecule has 0 saturated carbocycles. The van der Waals surface area contributed by atoms with Gasteiger partial charge in [-0.3, -0.25) is 9.59 Å². The topological polar surface area (TPSA) is 51.5 Å². The number of aromatic nitrogens is 1. The first-order valence-electron chi connectivity index (χ1n) is 8.43. The number of aryl methyl sites for hydroxylation is 1. The van der Waals surface area contributed by atoms with Gasteiger partial charge >= 0.3 is 5.97 Å². The number of rotatable bonds is 4. The first-order chi connectivity index (χ1) is 12.3. The lowest BCUT2D eigenvalue weighted by Gasteiger charge is -2.22. The molecule has 26 heavy (non-hydrogen) atoms. The highest BCUT2D eigenvalue weighted by Crippen LogP contribution is 2.34. The number of hydrogen-bond acceptors (Lipinski definition) is 4. The van der Waals surface area contributed by atoms with Gasteiger partial charge in [0.2, 0.25) is 0 Å². The molecule has 0 radical (unpaired) electrons. The van der Waals surface area contributed by atoms with Gasteiger partial charge in [-0.2, -0.15) is 0 Å². The minimum absolute atomic E-state index is 0.00571. The maximum absolute atomic E-state index is 13.1. The first kappa shape index (κ1) is 18.3. The van der Waals surface area contributed by atoms with E-state index in [1.165, 1.54) is 0 Å². The average Bonchev–Trinajstić information content (AvgIpc) is 2.58. The van der Waals surface area contributed by atoms with Crippen molar-refractivity contribution in [2.24, 2.45) is 0 Å². The Hall–Kier alpha value is -2.53. The number of anilines is 1. The Bertz CT molecular complexity index is 1070. The van der Waals surface area contributed by atoms with Crippen LogP contribution in [0.25, 0.3) is 21.8 Å². The highest BCUT2D eigenvalue weighted by molar-refractivity contribution is 6.35. The van der Waals surface area contributed by atoms with Gasteiger partial charge in [-0.15, -0.1) is 0 Å². The van der Waals surface area contributed by atoms with Crippen LogP contribution in [0, 0.1) is 6.92 Å². The fraction of sp³-hybridized carbons (Fsp3) is 0.300. The molecule has 0 spiro atoms. The van der Waals surface area contributed by atoms with Crippen molar-refractivity contribution in [2.45, 2.75) is 20.4 Å². The fourth-order valence-electron chi connectivity index (χ4n) is 3.26. The van der Waals surface area contributed by atoms with Gasteiger partial charge in [-0.1, -0.05) is 17.7 Å². The number of benzene rings is 2. The Balaban J connectivity index is 2.52. The van der Waals surface area contributed by atoms with Crippen molar-refractivity contribution in [3.8, 4) is 0 Å². The summed E-state index contributed by atoms with van der Waals surface area (Å²) in [6.07, 6.45) is 0. The third kappa shape index (κ3) is 3.03. The third-order valence-electron chi connectivity index (χ3n) is 4.34. The van der Waals surface area contributed by atoms with E-state index in [0.29, 0.717) is 39.1 Å². The van der Waals surface area contributed by atoms with Crippen molar-refractivity contribution < 1.29 is 9.53 Å². The van der Waals surface area contributed by atoms with Gasteiger partial charge in [-0.05, 0) is 43.7 Å². The quantitative estimate of drug-likeness (QED) is 0.517. The lowest BCUT2D eigenvalue weighted by atomic mass is 10.1. The molecule has 2 aromatic carbocycles. The summed E-state index contributed by atoms with van der Waals surface area (Å²) in [6, 6.07) is 9.05. The summed E-state index contributed by atoms with van der Waals surface area (Å²) in [7, 11) is 3.72. The molecule has 0 N–H and O–H groups in total. The standard InChI is InChI=1S/C20H21ClN2O3/c1-5-26-17(24)11-23-16-10-12(2)6-7-13(16)20(25)14-8-9-15(21)19(18(14)23)22(3)4/h6-10H,5,11H2,1-4H3. The highest BCUT2D eigenvalue weighted by Gasteiger charge is 2.19. The molecule has 1 heterocycles. The third-order valence-corrected chi connectivity index (χ3v) is 4.65. The number of esters is 1. The van der Waals surface area contributed by atoms with E-state index >= 15 is 0 Å². The molecule has 0 aliphatic heterocycles. The molecular formula is C20H21ClN2O3. The van der Waals surface area contributed by atoms with Crippen LogP contribution in [0.5, 0.6) is 0 Å². The molecule has 0 amide bonds. The Labute approximate surface area is 156 Å². The van der Waals surface area contributed by atoms with E-state index in [0.717, 1.165) is 5.56 Å². The summed E-state index contributed by atoms with van der Waals surface area (Å²) in [5.74, 6) is -0.357. The van der Waals surface area contributed by atoms with Crippen molar-refractivity contribution in [3.63, 3.8) is 0 Å². The van der Waals surface area contributed by atoms with E-state index in [1.54, 1.807) is 25.1 Å². The zero-order chi connectivity index (χ0) is 19.0. The second-order valence-corrected chi connectivity index (χ2v) is 6.83. The molecule has 0 aliphatic carbocycles. The van der Waals surface area contributed by atoms with E-state index in [9.17, 15) is 9.59 Å². The molecule has 5 nitrogen and oxygen atoms in total. The van der Waals surface area contributed by atoms with Gasteiger partial charge in [0, 0.05) is 24.9 Å². The summed E-state index contributed by atoms with van der Waals surface area (Å²) in [5, 5.41) is 1.62. The predicted molar refractivity (Wildman–Crippen MR) is 106 cm³/mol. The Kier molecular flexibility index (Phi) is 4.92. The lowest BCUT2D eigenvalue weighted by molar-refractivity contribution is -0.143. The molecule has 3 rings (SSSR count). The smallest absolute Gasteiger partial charge is 0.325 e. The largest absolute Gasteiger partial charge is 0.465 e. The number of hydrogen-bond donors (Lipinski definition) is 0. The predicted octanol–water partition coefficient (Wildman–Crippen LogP) is 3.75. The van der Waals surface area contributed by atoms with Crippen LogP contribution in [0.3, 0.4) is 0 Å². The molecule has 3 aromatic rings. The van der Waals surface area contributed by atoms with Crippen molar-refractivity contribution in [2.75, 3.05) is 25.6 Å². The minimum Gasteiger partial charge on any atom is -0.465 e. The number of halogens is 1. The number of ether oxygens (including phenoxy) is 1.